The molecule has 3 aromatic rings. The molecule has 10 nitrogen and oxygen atoms in total. The average molecular weight is 518 g/mol. The van der Waals surface area contributed by atoms with E-state index in [1.54, 1.807) is 24.3 Å². The smallest absolute Gasteiger partial charge is 0.343 e. The number of ether oxygens (including phenoxy) is 4. The first-order valence-electron chi connectivity index (χ1n) is 11.7. The van der Waals surface area contributed by atoms with Crippen LogP contribution in [0.5, 0.6) is 23.0 Å². The number of hydrogen-bond acceptors (Lipinski definition) is 8. The van der Waals surface area contributed by atoms with Gasteiger partial charge in [-0.3, -0.25) is 9.59 Å². The molecule has 1 aliphatic rings. The van der Waals surface area contributed by atoms with Crippen LogP contribution in [0.1, 0.15) is 27.4 Å². The minimum atomic E-state index is -0.914. The van der Waals surface area contributed by atoms with Gasteiger partial charge in [0.25, 0.3) is 5.91 Å². The summed E-state index contributed by atoms with van der Waals surface area (Å²) in [5.74, 6) is -1.59. The van der Waals surface area contributed by atoms with Crippen molar-refractivity contribution in [3.05, 3.63) is 83.4 Å². The van der Waals surface area contributed by atoms with Crippen LogP contribution in [0.4, 0.5) is 0 Å². The molecule has 196 valence electrons. The molecule has 0 radical (unpaired) electrons. The third-order valence-electron chi connectivity index (χ3n) is 6.09. The van der Waals surface area contributed by atoms with Crippen molar-refractivity contribution in [1.29, 1.82) is 0 Å². The number of carbonyl (C=O) groups excluding carboxylic acids is 3. The fourth-order valence-electron chi connectivity index (χ4n) is 4.21. The molecule has 38 heavy (non-hydrogen) atoms. The lowest BCUT2D eigenvalue weighted by molar-refractivity contribution is -0.133. The molecule has 1 heterocycles. The summed E-state index contributed by atoms with van der Waals surface area (Å²) >= 11 is 0. The SMILES string of the molecule is COc1cc(C(=O)Oc2ccccc2/C=N/NC(=O)[C@@H]2C(=O)NC[C@@H]2c2ccccc2)cc(OC)c1OC. The van der Waals surface area contributed by atoms with Crippen molar-refractivity contribution >= 4 is 24.0 Å². The zero-order valence-corrected chi connectivity index (χ0v) is 21.1. The number of para-hydroxylation sites is 1. The van der Waals surface area contributed by atoms with E-state index in [-0.39, 0.29) is 23.1 Å². The molecule has 2 N–H and O–H groups in total. The molecule has 4 rings (SSSR count). The van der Waals surface area contributed by atoms with Gasteiger partial charge in [-0.1, -0.05) is 42.5 Å². The third kappa shape index (κ3) is 5.59. The van der Waals surface area contributed by atoms with Crippen LogP contribution in [0.2, 0.25) is 0 Å². The molecule has 1 aliphatic heterocycles. The Morgan fingerprint density at radius 2 is 1.58 bits per heavy atom. The minimum Gasteiger partial charge on any atom is -0.493 e. The summed E-state index contributed by atoms with van der Waals surface area (Å²) in [4.78, 5) is 38.1. The van der Waals surface area contributed by atoms with E-state index in [2.05, 4.69) is 15.8 Å². The molecule has 0 bridgehead atoms. The van der Waals surface area contributed by atoms with Crippen molar-refractivity contribution in [2.24, 2.45) is 11.0 Å². The van der Waals surface area contributed by atoms with E-state index in [4.69, 9.17) is 18.9 Å². The van der Waals surface area contributed by atoms with Gasteiger partial charge in [0.1, 0.15) is 11.7 Å². The van der Waals surface area contributed by atoms with Crippen LogP contribution in [0.15, 0.2) is 71.8 Å². The van der Waals surface area contributed by atoms with Gasteiger partial charge in [-0.15, -0.1) is 0 Å². The van der Waals surface area contributed by atoms with E-state index >= 15 is 0 Å². The number of methoxy groups -OCH3 is 3. The fraction of sp³-hybridized carbons (Fsp3) is 0.214. The zero-order valence-electron chi connectivity index (χ0n) is 21.1. The Balaban J connectivity index is 1.48. The molecule has 1 fully saturated rings. The van der Waals surface area contributed by atoms with Gasteiger partial charge in [0.15, 0.2) is 11.5 Å². The molecule has 0 aromatic heterocycles. The largest absolute Gasteiger partial charge is 0.493 e. The number of hydrazone groups is 1. The Labute approximate surface area is 219 Å². The van der Waals surface area contributed by atoms with Gasteiger partial charge in [-0.2, -0.15) is 5.10 Å². The standard InChI is InChI=1S/C28H27N3O7/c1-35-22-13-19(14-23(36-2)25(22)37-3)28(34)38-21-12-8-7-11-18(21)15-30-31-27(33)24-20(16-29-26(24)32)17-9-5-4-6-10-17/h4-15,20,24H,16H2,1-3H3,(H,29,32)(H,31,33)/b30-15+/t20-,24+/m1/s1. The van der Waals surface area contributed by atoms with Crippen LogP contribution < -0.4 is 29.7 Å². The quantitative estimate of drug-likeness (QED) is 0.147. The predicted octanol–water partition coefficient (Wildman–Crippen LogP) is 2.91. The Morgan fingerprint density at radius 3 is 2.24 bits per heavy atom. The summed E-state index contributed by atoms with van der Waals surface area (Å²) < 4.78 is 21.5. The summed E-state index contributed by atoms with van der Waals surface area (Å²) in [6, 6.07) is 19.0. The number of nitrogens with zero attached hydrogens (tertiary/aromatic N) is 1. The lowest BCUT2D eigenvalue weighted by atomic mass is 9.88. The second-order valence-electron chi connectivity index (χ2n) is 8.32. The molecule has 0 spiro atoms. The first kappa shape index (κ1) is 26.2. The highest BCUT2D eigenvalue weighted by Gasteiger charge is 2.40. The summed E-state index contributed by atoms with van der Waals surface area (Å²) in [5.41, 5.74) is 3.94. The zero-order chi connectivity index (χ0) is 27.1. The topological polar surface area (TPSA) is 125 Å². The van der Waals surface area contributed by atoms with Gasteiger partial charge in [0, 0.05) is 18.0 Å². The molecule has 0 unspecified atom stereocenters. The summed E-state index contributed by atoms with van der Waals surface area (Å²) in [5, 5.41) is 6.76. The van der Waals surface area contributed by atoms with Crippen LogP contribution in [-0.2, 0) is 9.59 Å². The maximum absolute atomic E-state index is 12.9. The number of nitrogens with one attached hydrogen (secondary N) is 2. The van der Waals surface area contributed by atoms with Crippen LogP contribution in [-0.4, -0.2) is 51.9 Å². The van der Waals surface area contributed by atoms with Crippen LogP contribution in [0.25, 0.3) is 0 Å². The van der Waals surface area contributed by atoms with Gasteiger partial charge >= 0.3 is 5.97 Å². The normalized spacial score (nSPS) is 16.6. The van der Waals surface area contributed by atoms with Crippen LogP contribution in [0.3, 0.4) is 0 Å². The van der Waals surface area contributed by atoms with Gasteiger partial charge in [0.2, 0.25) is 11.7 Å². The monoisotopic (exact) mass is 517 g/mol. The van der Waals surface area contributed by atoms with E-state index in [1.165, 1.54) is 39.7 Å². The highest BCUT2D eigenvalue weighted by Crippen LogP contribution is 2.38. The van der Waals surface area contributed by atoms with E-state index < -0.39 is 17.8 Å². The van der Waals surface area contributed by atoms with E-state index in [9.17, 15) is 14.4 Å². The van der Waals surface area contributed by atoms with Gasteiger partial charge in [-0.05, 0) is 29.8 Å². The summed E-state index contributed by atoms with van der Waals surface area (Å²) in [6.45, 7) is 0.365. The van der Waals surface area contributed by atoms with Gasteiger partial charge in [0.05, 0.1) is 33.1 Å². The Hall–Kier alpha value is -4.86. The Kier molecular flexibility index (Phi) is 8.22. The first-order valence-corrected chi connectivity index (χ1v) is 11.7. The van der Waals surface area contributed by atoms with Crippen molar-refractivity contribution in [2.45, 2.75) is 5.92 Å². The molecule has 2 atom stereocenters. The molecule has 3 aromatic carbocycles. The van der Waals surface area contributed by atoms with Crippen molar-refractivity contribution in [2.75, 3.05) is 27.9 Å². The van der Waals surface area contributed by atoms with Gasteiger partial charge in [-0.25, -0.2) is 10.2 Å². The molecule has 1 saturated heterocycles. The van der Waals surface area contributed by atoms with Crippen molar-refractivity contribution in [1.82, 2.24) is 10.7 Å². The van der Waals surface area contributed by atoms with E-state index in [0.29, 0.717) is 29.4 Å². The number of benzene rings is 3. The maximum Gasteiger partial charge on any atom is 0.343 e. The maximum atomic E-state index is 12.9. The second kappa shape index (κ2) is 11.9. The van der Waals surface area contributed by atoms with Crippen molar-refractivity contribution in [3.8, 4) is 23.0 Å². The highest BCUT2D eigenvalue weighted by molar-refractivity contribution is 6.03. The molecule has 0 aliphatic carbocycles. The first-order chi connectivity index (χ1) is 18.5. The second-order valence-corrected chi connectivity index (χ2v) is 8.32. The molecular formula is C28H27N3O7. The van der Waals surface area contributed by atoms with Crippen LogP contribution in [0, 0.1) is 5.92 Å². The number of hydrogen-bond donors (Lipinski definition) is 2. The average Bonchev–Trinajstić information content (AvgIpc) is 3.34. The summed E-state index contributed by atoms with van der Waals surface area (Å²) in [7, 11) is 4.36. The Bertz CT molecular complexity index is 1330. The van der Waals surface area contributed by atoms with E-state index in [0.717, 1.165) is 5.56 Å². The van der Waals surface area contributed by atoms with Crippen molar-refractivity contribution in [3.63, 3.8) is 0 Å². The van der Waals surface area contributed by atoms with Crippen molar-refractivity contribution < 1.29 is 33.3 Å². The molecular weight excluding hydrogens is 490 g/mol. The Morgan fingerprint density at radius 1 is 0.921 bits per heavy atom. The molecule has 10 heteroatoms. The number of rotatable bonds is 9. The van der Waals surface area contributed by atoms with Crippen LogP contribution >= 0.6 is 0 Å². The number of carbonyl (C=O) groups is 3. The highest BCUT2D eigenvalue weighted by atomic mass is 16.5. The lowest BCUT2D eigenvalue weighted by Crippen LogP contribution is -2.34. The fourth-order valence-corrected chi connectivity index (χ4v) is 4.21. The van der Waals surface area contributed by atoms with E-state index in [1.807, 2.05) is 30.3 Å². The summed E-state index contributed by atoms with van der Waals surface area (Å²) in [6.07, 6.45) is 1.35. The molecule has 2 amide bonds. The lowest BCUT2D eigenvalue weighted by Gasteiger charge is -2.15. The third-order valence-corrected chi connectivity index (χ3v) is 6.09. The number of esters is 1. The predicted molar refractivity (Wildman–Crippen MR) is 139 cm³/mol. The molecule has 0 saturated carbocycles. The van der Waals surface area contributed by atoms with Gasteiger partial charge < -0.3 is 24.3 Å². The number of amides is 2. The minimum absolute atomic E-state index is 0.179.